The molecule has 0 radical (unpaired) electrons. The molecule has 0 spiro atoms. The molecule has 0 saturated carbocycles. The molecule has 128 valence electrons. The molecule has 0 saturated heterocycles. The highest BCUT2D eigenvalue weighted by atomic mass is 16.5. The highest BCUT2D eigenvalue weighted by molar-refractivity contribution is 5.48. The minimum absolute atomic E-state index is 0.820. The van der Waals surface area contributed by atoms with Crippen LogP contribution in [0.15, 0.2) is 42.5 Å². The molecule has 0 bridgehead atoms. The van der Waals surface area contributed by atoms with E-state index in [0.29, 0.717) is 0 Å². The number of fused-ring (bicyclic) bond motifs is 1. The fourth-order valence-corrected chi connectivity index (χ4v) is 3.20. The van der Waals surface area contributed by atoms with E-state index >= 15 is 0 Å². The highest BCUT2D eigenvalue weighted by Gasteiger charge is 2.18. The number of ether oxygens (including phenoxy) is 2. The number of nitrogens with zero attached hydrogens (tertiary/aromatic N) is 1. The zero-order valence-corrected chi connectivity index (χ0v) is 14.5. The van der Waals surface area contributed by atoms with Crippen molar-refractivity contribution in [2.45, 2.75) is 19.5 Å². The van der Waals surface area contributed by atoms with Crippen LogP contribution in [-0.4, -0.2) is 38.8 Å². The zero-order chi connectivity index (χ0) is 16.8. The topological polar surface area (TPSA) is 33.7 Å². The van der Waals surface area contributed by atoms with Crippen LogP contribution in [-0.2, 0) is 19.5 Å². The summed E-state index contributed by atoms with van der Waals surface area (Å²) in [5.74, 6) is 1.65. The standard InChI is InChI=1S/C20H26N2O2/c1-23-19-12-17-8-10-22(15-18(17)13-20(19)24-2)11-9-21-14-16-6-4-3-5-7-16/h3-7,12-13,21H,8-11,14-15H2,1-2H3. The van der Waals surface area contributed by atoms with Crippen LogP contribution < -0.4 is 14.8 Å². The summed E-state index contributed by atoms with van der Waals surface area (Å²) in [4.78, 5) is 2.49. The molecule has 24 heavy (non-hydrogen) atoms. The van der Waals surface area contributed by atoms with E-state index in [0.717, 1.165) is 50.6 Å². The van der Waals surface area contributed by atoms with Crippen LogP contribution in [0.3, 0.4) is 0 Å². The van der Waals surface area contributed by atoms with Gasteiger partial charge in [-0.2, -0.15) is 0 Å². The van der Waals surface area contributed by atoms with Gasteiger partial charge in [0.1, 0.15) is 0 Å². The number of hydrogen-bond donors (Lipinski definition) is 1. The van der Waals surface area contributed by atoms with E-state index < -0.39 is 0 Å². The second-order valence-corrected chi connectivity index (χ2v) is 6.16. The fraction of sp³-hybridized carbons (Fsp3) is 0.400. The molecule has 1 aliphatic heterocycles. The zero-order valence-electron chi connectivity index (χ0n) is 14.5. The highest BCUT2D eigenvalue weighted by Crippen LogP contribution is 2.33. The lowest BCUT2D eigenvalue weighted by Crippen LogP contribution is -2.36. The van der Waals surface area contributed by atoms with Gasteiger partial charge in [0.25, 0.3) is 0 Å². The van der Waals surface area contributed by atoms with Gasteiger partial charge in [-0.15, -0.1) is 0 Å². The number of benzene rings is 2. The van der Waals surface area contributed by atoms with Crippen LogP contribution >= 0.6 is 0 Å². The third-order valence-corrected chi connectivity index (χ3v) is 4.57. The van der Waals surface area contributed by atoms with E-state index in [1.54, 1.807) is 14.2 Å². The summed E-state index contributed by atoms with van der Waals surface area (Å²) >= 11 is 0. The molecular formula is C20H26N2O2. The Morgan fingerprint density at radius 1 is 1.00 bits per heavy atom. The number of hydrogen-bond acceptors (Lipinski definition) is 4. The summed E-state index contributed by atoms with van der Waals surface area (Å²) in [6.07, 6.45) is 1.06. The predicted octanol–water partition coefficient (Wildman–Crippen LogP) is 2.85. The van der Waals surface area contributed by atoms with Crippen molar-refractivity contribution in [3.63, 3.8) is 0 Å². The van der Waals surface area contributed by atoms with E-state index in [4.69, 9.17) is 9.47 Å². The van der Waals surface area contributed by atoms with Gasteiger partial charge in [0.2, 0.25) is 0 Å². The Morgan fingerprint density at radius 3 is 2.42 bits per heavy atom. The van der Waals surface area contributed by atoms with Crippen molar-refractivity contribution in [2.75, 3.05) is 33.9 Å². The minimum Gasteiger partial charge on any atom is -0.493 e. The lowest BCUT2D eigenvalue weighted by Gasteiger charge is -2.29. The second-order valence-electron chi connectivity index (χ2n) is 6.16. The van der Waals surface area contributed by atoms with Gasteiger partial charge in [-0.25, -0.2) is 0 Å². The summed E-state index contributed by atoms with van der Waals surface area (Å²) in [6.45, 7) is 5.05. The van der Waals surface area contributed by atoms with Gasteiger partial charge in [-0.05, 0) is 35.2 Å². The molecule has 2 aromatic rings. The van der Waals surface area contributed by atoms with E-state index in [1.807, 2.05) is 0 Å². The summed E-state index contributed by atoms with van der Waals surface area (Å²) in [5.41, 5.74) is 4.06. The van der Waals surface area contributed by atoms with E-state index in [9.17, 15) is 0 Å². The van der Waals surface area contributed by atoms with Crippen LogP contribution in [0.5, 0.6) is 11.5 Å². The molecule has 1 N–H and O–H groups in total. The molecule has 1 aliphatic rings. The summed E-state index contributed by atoms with van der Waals surface area (Å²) in [5, 5.41) is 3.53. The van der Waals surface area contributed by atoms with Crippen molar-refractivity contribution in [2.24, 2.45) is 0 Å². The van der Waals surface area contributed by atoms with Gasteiger partial charge in [0.05, 0.1) is 14.2 Å². The van der Waals surface area contributed by atoms with Gasteiger partial charge in [0, 0.05) is 32.7 Å². The first kappa shape index (κ1) is 16.8. The van der Waals surface area contributed by atoms with Crippen molar-refractivity contribution in [3.05, 3.63) is 59.2 Å². The molecule has 0 aromatic heterocycles. The molecule has 0 unspecified atom stereocenters. The van der Waals surface area contributed by atoms with Crippen LogP contribution in [0.25, 0.3) is 0 Å². The average molecular weight is 326 g/mol. The van der Waals surface area contributed by atoms with Gasteiger partial charge < -0.3 is 14.8 Å². The first-order chi connectivity index (χ1) is 11.8. The Hall–Kier alpha value is -2.04. The van der Waals surface area contributed by atoms with Gasteiger partial charge in [-0.3, -0.25) is 4.90 Å². The largest absolute Gasteiger partial charge is 0.493 e. The van der Waals surface area contributed by atoms with Crippen LogP contribution in [0.4, 0.5) is 0 Å². The van der Waals surface area contributed by atoms with Crippen molar-refractivity contribution in [1.29, 1.82) is 0 Å². The number of nitrogens with one attached hydrogen (secondary N) is 1. The van der Waals surface area contributed by atoms with Crippen molar-refractivity contribution >= 4 is 0 Å². The fourth-order valence-electron chi connectivity index (χ4n) is 3.20. The van der Waals surface area contributed by atoms with Crippen molar-refractivity contribution < 1.29 is 9.47 Å². The normalized spacial score (nSPS) is 14.2. The van der Waals surface area contributed by atoms with Crippen LogP contribution in [0.2, 0.25) is 0 Å². The smallest absolute Gasteiger partial charge is 0.161 e. The first-order valence-electron chi connectivity index (χ1n) is 8.51. The molecule has 3 rings (SSSR count). The van der Waals surface area contributed by atoms with Gasteiger partial charge >= 0.3 is 0 Å². The Balaban J connectivity index is 1.51. The minimum atomic E-state index is 0.820. The molecule has 0 atom stereocenters. The van der Waals surface area contributed by atoms with Crippen molar-refractivity contribution in [1.82, 2.24) is 10.2 Å². The maximum Gasteiger partial charge on any atom is 0.161 e. The Bertz CT molecular complexity index is 658. The Labute approximate surface area is 144 Å². The third kappa shape index (κ3) is 4.08. The summed E-state index contributed by atoms with van der Waals surface area (Å²) in [7, 11) is 3.39. The average Bonchev–Trinajstić information content (AvgIpc) is 2.64. The van der Waals surface area contributed by atoms with Crippen LogP contribution in [0.1, 0.15) is 16.7 Å². The Morgan fingerprint density at radius 2 is 1.71 bits per heavy atom. The Kier molecular flexibility index (Phi) is 5.72. The van der Waals surface area contributed by atoms with E-state index in [-0.39, 0.29) is 0 Å². The van der Waals surface area contributed by atoms with Gasteiger partial charge in [0.15, 0.2) is 11.5 Å². The maximum absolute atomic E-state index is 5.43. The molecule has 0 aliphatic carbocycles. The molecule has 1 heterocycles. The van der Waals surface area contributed by atoms with Gasteiger partial charge in [-0.1, -0.05) is 30.3 Å². The quantitative estimate of drug-likeness (QED) is 0.793. The number of methoxy groups -OCH3 is 2. The predicted molar refractivity (Wildman–Crippen MR) is 96.7 cm³/mol. The van der Waals surface area contributed by atoms with Crippen molar-refractivity contribution in [3.8, 4) is 11.5 Å². The summed E-state index contributed by atoms with van der Waals surface area (Å²) in [6, 6.07) is 14.8. The molecule has 4 nitrogen and oxygen atoms in total. The summed E-state index contributed by atoms with van der Waals surface area (Å²) < 4.78 is 10.8. The maximum atomic E-state index is 5.43. The molecule has 0 fully saturated rings. The van der Waals surface area contributed by atoms with E-state index in [1.165, 1.54) is 16.7 Å². The second kappa shape index (κ2) is 8.18. The SMILES string of the molecule is COc1cc2c(cc1OC)CN(CCNCc1ccccc1)CC2. The number of rotatable bonds is 7. The molecule has 2 aromatic carbocycles. The van der Waals surface area contributed by atoms with Crippen LogP contribution in [0, 0.1) is 0 Å². The molecule has 0 amide bonds. The lowest BCUT2D eigenvalue weighted by molar-refractivity contribution is 0.252. The third-order valence-electron chi connectivity index (χ3n) is 4.57. The van der Waals surface area contributed by atoms with E-state index in [2.05, 4.69) is 52.7 Å². The monoisotopic (exact) mass is 326 g/mol. The lowest BCUT2D eigenvalue weighted by atomic mass is 9.99. The molecule has 4 heteroatoms. The molecular weight excluding hydrogens is 300 g/mol. The first-order valence-corrected chi connectivity index (χ1v) is 8.51.